The first-order valence-electron chi connectivity index (χ1n) is 12.5. The second-order valence-corrected chi connectivity index (χ2v) is 11.2. The van der Waals surface area contributed by atoms with E-state index in [-0.39, 0.29) is 11.2 Å². The Hall–Kier alpha value is -2.50. The van der Waals surface area contributed by atoms with E-state index in [9.17, 15) is 5.11 Å². The zero-order chi connectivity index (χ0) is 22.2. The Morgan fingerprint density at radius 3 is 2.88 bits per heavy atom. The number of benzene rings is 2. The Bertz CT molecular complexity index is 1340. The summed E-state index contributed by atoms with van der Waals surface area (Å²) in [5, 5.41) is 12.2. The van der Waals surface area contributed by atoms with Crippen LogP contribution in [-0.2, 0) is 28.6 Å². The first-order chi connectivity index (χ1) is 16.0. The quantitative estimate of drug-likeness (QED) is 0.631. The fourth-order valence-corrected chi connectivity index (χ4v) is 8.44. The van der Waals surface area contributed by atoms with Gasteiger partial charge in [0, 0.05) is 42.6 Å². The van der Waals surface area contributed by atoms with Crippen molar-refractivity contribution in [2.24, 2.45) is 5.92 Å². The summed E-state index contributed by atoms with van der Waals surface area (Å²) in [5.41, 5.74) is 4.79. The Labute approximate surface area is 193 Å². The van der Waals surface area contributed by atoms with Gasteiger partial charge in [0.2, 0.25) is 0 Å². The molecule has 3 heterocycles. The Balaban J connectivity index is 1.47. The van der Waals surface area contributed by atoms with Crippen molar-refractivity contribution in [1.29, 1.82) is 0 Å². The average Bonchev–Trinajstić information content (AvgIpc) is 3.49. The van der Waals surface area contributed by atoms with E-state index >= 15 is 0 Å². The number of hydrogen-bond acceptors (Lipinski definition) is 4. The van der Waals surface area contributed by atoms with Gasteiger partial charge in [-0.05, 0) is 68.3 Å². The number of hydrogen-bond donors (Lipinski definition) is 2. The third-order valence-corrected chi connectivity index (χ3v) is 9.94. The van der Waals surface area contributed by atoms with Crippen molar-refractivity contribution < 1.29 is 14.6 Å². The number of nitrogens with one attached hydrogen (secondary N) is 1. The number of likely N-dealkylation sites (tertiary alicyclic amines) is 1. The summed E-state index contributed by atoms with van der Waals surface area (Å²) < 4.78 is 13.7. The van der Waals surface area contributed by atoms with E-state index in [1.165, 1.54) is 41.5 Å². The third-order valence-electron chi connectivity index (χ3n) is 9.94. The minimum absolute atomic E-state index is 0.250. The van der Waals surface area contributed by atoms with E-state index < -0.39 is 11.2 Å². The summed E-state index contributed by atoms with van der Waals surface area (Å²) in [4.78, 5) is 6.50. The van der Waals surface area contributed by atoms with Crippen molar-refractivity contribution in [3.05, 3.63) is 58.8 Å². The smallest absolute Gasteiger partial charge is 0.166 e. The molecular formula is C28H30N2O3. The van der Waals surface area contributed by atoms with E-state index in [0.29, 0.717) is 11.8 Å². The van der Waals surface area contributed by atoms with Crippen LogP contribution in [0.15, 0.2) is 36.4 Å². The molecule has 0 amide bonds. The summed E-state index contributed by atoms with van der Waals surface area (Å²) in [6.45, 7) is 4.47. The van der Waals surface area contributed by atoms with Crippen molar-refractivity contribution in [2.75, 3.05) is 20.2 Å². The maximum Gasteiger partial charge on any atom is 0.166 e. The maximum absolute atomic E-state index is 11.0. The molecule has 33 heavy (non-hydrogen) atoms. The molecule has 5 nitrogen and oxygen atoms in total. The fourth-order valence-electron chi connectivity index (χ4n) is 8.44. The molecule has 2 aliphatic heterocycles. The minimum atomic E-state index is -0.629. The lowest BCUT2D eigenvalue weighted by Gasteiger charge is -2.66. The van der Waals surface area contributed by atoms with Crippen LogP contribution in [-0.4, -0.2) is 46.8 Å². The van der Waals surface area contributed by atoms with Crippen molar-refractivity contribution in [2.45, 2.75) is 61.7 Å². The molecule has 3 aliphatic carbocycles. The summed E-state index contributed by atoms with van der Waals surface area (Å²) in [6.07, 6.45) is 5.50. The number of ether oxygens (including phenoxy) is 2. The molecule has 2 aromatic carbocycles. The molecule has 1 saturated heterocycles. The SMILES string of the molecule is CO[C@@]12Cc3c([nH]c4ccccc34)[C@]3(C)Oc4c(O)ccc5c4[C@@]31CCN(CC1CC1)[C@H]2C5. The molecule has 2 bridgehead atoms. The first-order valence-corrected chi connectivity index (χ1v) is 12.5. The van der Waals surface area contributed by atoms with E-state index in [0.717, 1.165) is 42.9 Å². The van der Waals surface area contributed by atoms with Crippen LogP contribution >= 0.6 is 0 Å². The number of piperidine rings is 1. The second-order valence-electron chi connectivity index (χ2n) is 11.2. The number of methoxy groups -OCH3 is 1. The predicted molar refractivity (Wildman–Crippen MR) is 126 cm³/mol. The summed E-state index contributed by atoms with van der Waals surface area (Å²) in [7, 11) is 1.92. The van der Waals surface area contributed by atoms with Crippen molar-refractivity contribution in [3.8, 4) is 11.5 Å². The van der Waals surface area contributed by atoms with Gasteiger partial charge in [-0.2, -0.15) is 0 Å². The van der Waals surface area contributed by atoms with Crippen LogP contribution in [0.25, 0.3) is 10.9 Å². The van der Waals surface area contributed by atoms with Crippen LogP contribution < -0.4 is 4.74 Å². The normalized spacial score (nSPS) is 35.9. The van der Waals surface area contributed by atoms with E-state index in [2.05, 4.69) is 47.1 Å². The number of H-pyrrole nitrogens is 1. The van der Waals surface area contributed by atoms with Crippen LogP contribution in [0.1, 0.15) is 48.6 Å². The number of nitrogens with zero attached hydrogens (tertiary/aromatic N) is 1. The van der Waals surface area contributed by atoms with Gasteiger partial charge in [-0.25, -0.2) is 0 Å². The van der Waals surface area contributed by atoms with E-state index in [1.54, 1.807) is 0 Å². The molecule has 2 fully saturated rings. The highest BCUT2D eigenvalue weighted by Gasteiger charge is 2.78. The zero-order valence-electron chi connectivity index (χ0n) is 19.3. The Morgan fingerprint density at radius 2 is 2.06 bits per heavy atom. The molecule has 3 aromatic rings. The molecule has 5 aliphatic rings. The lowest BCUT2D eigenvalue weighted by Crippen LogP contribution is -2.78. The molecule has 1 spiro atoms. The highest BCUT2D eigenvalue weighted by Crippen LogP contribution is 2.72. The fraction of sp³-hybridized carbons (Fsp3) is 0.500. The molecule has 1 saturated carbocycles. The molecule has 0 radical (unpaired) electrons. The van der Waals surface area contributed by atoms with Gasteiger partial charge in [0.05, 0.1) is 11.1 Å². The summed E-state index contributed by atoms with van der Waals surface area (Å²) >= 11 is 0. The maximum atomic E-state index is 11.0. The minimum Gasteiger partial charge on any atom is -0.504 e. The second kappa shape index (κ2) is 5.76. The van der Waals surface area contributed by atoms with Gasteiger partial charge >= 0.3 is 0 Å². The Morgan fingerprint density at radius 1 is 1.21 bits per heavy atom. The first kappa shape index (κ1) is 18.9. The summed E-state index contributed by atoms with van der Waals surface area (Å²) in [5.74, 6) is 1.76. The number of phenolic OH excluding ortho intramolecular Hbond substituents is 1. The van der Waals surface area contributed by atoms with Crippen LogP contribution in [0.4, 0.5) is 0 Å². The molecule has 5 heteroatoms. The number of aromatic nitrogens is 1. The van der Waals surface area contributed by atoms with Crippen molar-refractivity contribution in [1.82, 2.24) is 9.88 Å². The number of aromatic hydroxyl groups is 1. The number of rotatable bonds is 3. The third kappa shape index (κ3) is 1.93. The monoisotopic (exact) mass is 442 g/mol. The average molecular weight is 443 g/mol. The van der Waals surface area contributed by atoms with Gasteiger partial charge < -0.3 is 19.6 Å². The van der Waals surface area contributed by atoms with Crippen LogP contribution in [0.3, 0.4) is 0 Å². The van der Waals surface area contributed by atoms with Gasteiger partial charge in [0.15, 0.2) is 17.1 Å². The zero-order valence-corrected chi connectivity index (χ0v) is 19.3. The molecule has 8 rings (SSSR count). The van der Waals surface area contributed by atoms with Gasteiger partial charge in [-0.1, -0.05) is 24.3 Å². The van der Waals surface area contributed by atoms with Crippen molar-refractivity contribution >= 4 is 10.9 Å². The van der Waals surface area contributed by atoms with Crippen LogP contribution in [0.5, 0.6) is 11.5 Å². The predicted octanol–water partition coefficient (Wildman–Crippen LogP) is 4.40. The van der Waals surface area contributed by atoms with E-state index in [1.807, 2.05) is 13.2 Å². The van der Waals surface area contributed by atoms with Crippen LogP contribution in [0.2, 0.25) is 0 Å². The molecular weight excluding hydrogens is 412 g/mol. The van der Waals surface area contributed by atoms with Gasteiger partial charge in [0.1, 0.15) is 5.60 Å². The lowest BCUT2D eigenvalue weighted by molar-refractivity contribution is -0.214. The molecule has 4 atom stereocenters. The van der Waals surface area contributed by atoms with Gasteiger partial charge in [0.25, 0.3) is 0 Å². The molecule has 1 aromatic heterocycles. The lowest BCUT2D eigenvalue weighted by atomic mass is 9.45. The molecule has 170 valence electrons. The number of para-hydroxylation sites is 1. The highest BCUT2D eigenvalue weighted by atomic mass is 16.5. The summed E-state index contributed by atoms with van der Waals surface area (Å²) in [6, 6.07) is 12.9. The number of aromatic amines is 1. The highest BCUT2D eigenvalue weighted by molar-refractivity contribution is 5.86. The number of phenols is 1. The van der Waals surface area contributed by atoms with Crippen LogP contribution in [0, 0.1) is 5.92 Å². The molecule has 0 unspecified atom stereocenters. The largest absolute Gasteiger partial charge is 0.504 e. The van der Waals surface area contributed by atoms with Gasteiger partial charge in [-0.15, -0.1) is 0 Å². The van der Waals surface area contributed by atoms with E-state index in [4.69, 9.17) is 9.47 Å². The molecule has 2 N–H and O–H groups in total. The standard InChI is InChI=1S/C28H30N2O3/c1-26-25-19(18-5-3-4-6-20(18)29-25)14-28(32-2)22-13-17-9-10-21(31)24(33-26)23(17)27(26,28)11-12-30(22)15-16-7-8-16/h3-6,9-10,16,22,29,31H,7-8,11-15H2,1-2H3/t22-,26-,27-,28+/m0/s1. The van der Waals surface area contributed by atoms with Gasteiger partial charge in [-0.3, -0.25) is 4.90 Å². The van der Waals surface area contributed by atoms with Crippen molar-refractivity contribution in [3.63, 3.8) is 0 Å². The number of fused-ring (bicyclic) bond motifs is 4. The Kier molecular flexibility index (Phi) is 3.29. The topological polar surface area (TPSA) is 57.7 Å².